The van der Waals surface area contributed by atoms with Gasteiger partial charge in [0.15, 0.2) is 23.0 Å². The van der Waals surface area contributed by atoms with E-state index in [9.17, 15) is 0 Å². The zero-order valence-electron chi connectivity index (χ0n) is 33.7. The number of rotatable bonds is 15. The highest BCUT2D eigenvalue weighted by molar-refractivity contribution is 5.71. The number of hydrogen-bond donors (Lipinski definition) is 0. The van der Waals surface area contributed by atoms with Crippen LogP contribution >= 0.6 is 0 Å². The lowest BCUT2D eigenvalue weighted by atomic mass is 9.78. The minimum atomic E-state index is 0.401. The molecule has 56 heavy (non-hydrogen) atoms. The summed E-state index contributed by atoms with van der Waals surface area (Å²) in [5.41, 5.74) is 10.7. The van der Waals surface area contributed by atoms with Gasteiger partial charge in [-0.05, 0) is 152 Å². The number of hydrogen-bond acceptors (Lipinski definition) is 7. The molecular weight excluding hydrogens is 697 g/mol. The topological polar surface area (TPSA) is 62.3 Å². The van der Waals surface area contributed by atoms with Crippen LogP contribution in [-0.4, -0.2) is 46.6 Å². The Kier molecular flexibility index (Phi) is 11.4. The molecule has 7 heteroatoms. The molecule has 4 aromatic carbocycles. The van der Waals surface area contributed by atoms with Crippen LogP contribution in [0.15, 0.2) is 91.1 Å². The van der Waals surface area contributed by atoms with Crippen LogP contribution in [0.4, 0.5) is 5.69 Å². The quantitative estimate of drug-likeness (QED) is 0.105. The molecular formula is C49H56N2O5. The van der Waals surface area contributed by atoms with E-state index in [1.165, 1.54) is 78.3 Å². The van der Waals surface area contributed by atoms with Gasteiger partial charge in [0, 0.05) is 35.5 Å². The fraction of sp³-hybridized carbons (Fsp3) is 0.408. The van der Waals surface area contributed by atoms with Crippen LogP contribution in [0.25, 0.3) is 22.4 Å². The van der Waals surface area contributed by atoms with Crippen molar-refractivity contribution in [2.45, 2.75) is 88.6 Å². The van der Waals surface area contributed by atoms with E-state index in [4.69, 9.17) is 28.7 Å². The van der Waals surface area contributed by atoms with E-state index >= 15 is 0 Å². The van der Waals surface area contributed by atoms with Gasteiger partial charge in [0.25, 0.3) is 0 Å². The molecule has 0 atom stereocenters. The molecule has 0 spiro atoms. The summed E-state index contributed by atoms with van der Waals surface area (Å²) in [6.07, 6.45) is 13.7. The highest BCUT2D eigenvalue weighted by Crippen LogP contribution is 2.50. The fourth-order valence-electron chi connectivity index (χ4n) is 9.10. The van der Waals surface area contributed by atoms with Gasteiger partial charge in [-0.25, -0.2) is 0 Å². The molecule has 1 heterocycles. The predicted molar refractivity (Wildman–Crippen MR) is 225 cm³/mol. The van der Waals surface area contributed by atoms with Crippen molar-refractivity contribution in [3.05, 3.63) is 113 Å². The van der Waals surface area contributed by atoms with Gasteiger partial charge in [0.05, 0.1) is 46.9 Å². The largest absolute Gasteiger partial charge is 0.495 e. The Balaban J connectivity index is 1.00. The first-order valence-corrected chi connectivity index (χ1v) is 20.5. The average molecular weight is 753 g/mol. The number of methoxy groups -OCH3 is 5. The maximum absolute atomic E-state index is 5.95. The van der Waals surface area contributed by atoms with Crippen LogP contribution in [0.3, 0.4) is 0 Å². The zero-order chi connectivity index (χ0) is 38.6. The third kappa shape index (κ3) is 7.91. The number of para-hydroxylation sites is 2. The van der Waals surface area contributed by atoms with E-state index in [0.717, 1.165) is 71.5 Å². The first-order valence-electron chi connectivity index (χ1n) is 20.5. The summed E-state index contributed by atoms with van der Waals surface area (Å²) < 4.78 is 29.2. The van der Waals surface area contributed by atoms with Gasteiger partial charge in [0.2, 0.25) is 0 Å². The van der Waals surface area contributed by atoms with Crippen molar-refractivity contribution < 1.29 is 23.7 Å². The molecule has 0 N–H and O–H groups in total. The summed E-state index contributed by atoms with van der Waals surface area (Å²) in [6, 6.07) is 31.2. The zero-order valence-corrected chi connectivity index (χ0v) is 33.7. The molecule has 3 aliphatic carbocycles. The number of aromatic nitrogens is 1. The van der Waals surface area contributed by atoms with Crippen molar-refractivity contribution in [3.63, 3.8) is 0 Å². The molecule has 5 aromatic rings. The molecule has 292 valence electrons. The molecule has 0 aliphatic heterocycles. The summed E-state index contributed by atoms with van der Waals surface area (Å²) in [5.74, 6) is 5.91. The van der Waals surface area contributed by atoms with Gasteiger partial charge in [-0.2, -0.15) is 0 Å². The van der Waals surface area contributed by atoms with Crippen LogP contribution < -0.4 is 28.6 Å². The molecule has 0 amide bonds. The van der Waals surface area contributed by atoms with Crippen molar-refractivity contribution in [1.82, 2.24) is 4.98 Å². The normalized spacial score (nSPS) is 18.2. The Labute approximate surface area is 332 Å². The fourth-order valence-corrected chi connectivity index (χ4v) is 9.10. The molecule has 8 rings (SSSR count). The number of nitrogens with zero attached hydrogens (tertiary/aromatic N) is 2. The minimum absolute atomic E-state index is 0.401. The van der Waals surface area contributed by atoms with E-state index in [1.54, 1.807) is 35.5 Å². The van der Waals surface area contributed by atoms with Gasteiger partial charge in [0.1, 0.15) is 5.75 Å². The molecule has 0 bridgehead atoms. The second kappa shape index (κ2) is 16.9. The molecule has 7 nitrogen and oxygen atoms in total. The lowest BCUT2D eigenvalue weighted by Crippen LogP contribution is -2.38. The molecule has 0 saturated heterocycles. The number of benzene rings is 4. The van der Waals surface area contributed by atoms with E-state index in [-0.39, 0.29) is 0 Å². The smallest absolute Gasteiger partial charge is 0.164 e. The summed E-state index contributed by atoms with van der Waals surface area (Å²) in [7, 11) is 8.72. The summed E-state index contributed by atoms with van der Waals surface area (Å²) in [4.78, 5) is 7.43. The van der Waals surface area contributed by atoms with Gasteiger partial charge in [-0.3, -0.25) is 4.98 Å². The molecule has 3 aliphatic rings. The van der Waals surface area contributed by atoms with E-state index in [2.05, 4.69) is 89.8 Å². The Morgan fingerprint density at radius 3 is 1.86 bits per heavy atom. The van der Waals surface area contributed by atoms with Crippen LogP contribution in [-0.2, 0) is 13.0 Å². The Hall–Kier alpha value is -5.17. The van der Waals surface area contributed by atoms with Crippen molar-refractivity contribution >= 4 is 5.69 Å². The van der Waals surface area contributed by atoms with Crippen molar-refractivity contribution in [3.8, 4) is 51.1 Å². The third-order valence-corrected chi connectivity index (χ3v) is 12.5. The molecule has 0 radical (unpaired) electrons. The summed E-state index contributed by atoms with van der Waals surface area (Å²) in [6.45, 7) is 0.800. The maximum atomic E-state index is 5.95. The lowest BCUT2D eigenvalue weighted by molar-refractivity contribution is 0.310. The first kappa shape index (κ1) is 37.7. The second-order valence-corrected chi connectivity index (χ2v) is 15.9. The van der Waals surface area contributed by atoms with Crippen molar-refractivity contribution in [1.29, 1.82) is 0 Å². The van der Waals surface area contributed by atoms with Gasteiger partial charge < -0.3 is 28.6 Å². The predicted octanol–water partition coefficient (Wildman–Crippen LogP) is 11.4. The summed E-state index contributed by atoms with van der Waals surface area (Å²) in [5, 5.41) is 0. The minimum Gasteiger partial charge on any atom is -0.495 e. The van der Waals surface area contributed by atoms with Crippen LogP contribution in [0, 0.1) is 5.92 Å². The van der Waals surface area contributed by atoms with Crippen molar-refractivity contribution in [2.24, 2.45) is 5.92 Å². The average Bonchev–Trinajstić information content (AvgIpc) is 4.08. The Morgan fingerprint density at radius 1 is 0.554 bits per heavy atom. The molecule has 0 unspecified atom stereocenters. The molecule has 3 fully saturated rings. The highest BCUT2D eigenvalue weighted by atomic mass is 16.5. The first-order chi connectivity index (χ1) is 27.5. The number of anilines is 1. The van der Waals surface area contributed by atoms with Gasteiger partial charge in [-0.1, -0.05) is 36.8 Å². The Bertz CT molecular complexity index is 2130. The van der Waals surface area contributed by atoms with Gasteiger partial charge in [-0.15, -0.1) is 0 Å². The molecule has 3 saturated carbocycles. The molecule has 1 aromatic heterocycles. The van der Waals surface area contributed by atoms with Crippen LogP contribution in [0.5, 0.6) is 28.7 Å². The monoisotopic (exact) mass is 752 g/mol. The summed E-state index contributed by atoms with van der Waals surface area (Å²) >= 11 is 0. The van der Waals surface area contributed by atoms with E-state index in [0.29, 0.717) is 23.8 Å². The number of ether oxygens (including phenoxy) is 5. The maximum Gasteiger partial charge on any atom is 0.164 e. The standard InChI is InChI=1S/C49H56N2O5/c1-52-45-15-7-6-14-44(45)51(31-34-10-8-13-37(25-34)38-27-41(36-18-19-36)48(55-4)46(29-38)53-2)40-20-16-32(17-21-40)24-33-22-23-50-43(26-33)39-28-42(35-11-9-12-35)49(56-5)47(30-39)54-3/h6-8,10,13-15,22-23,25-30,32,35-36,40H,9,11-12,16-21,24,31H2,1-5H3. The lowest BCUT2D eigenvalue weighted by Gasteiger charge is -2.39. The van der Waals surface area contributed by atoms with Crippen LogP contribution in [0.1, 0.15) is 91.9 Å². The Morgan fingerprint density at radius 2 is 1.21 bits per heavy atom. The highest BCUT2D eigenvalue weighted by Gasteiger charge is 2.31. The van der Waals surface area contributed by atoms with E-state index in [1.807, 2.05) is 6.20 Å². The van der Waals surface area contributed by atoms with Crippen LogP contribution in [0.2, 0.25) is 0 Å². The second-order valence-electron chi connectivity index (χ2n) is 15.9. The van der Waals surface area contributed by atoms with Crippen molar-refractivity contribution in [2.75, 3.05) is 40.4 Å². The van der Waals surface area contributed by atoms with E-state index < -0.39 is 0 Å². The third-order valence-electron chi connectivity index (χ3n) is 12.5. The van der Waals surface area contributed by atoms with Gasteiger partial charge >= 0.3 is 0 Å². The number of pyridine rings is 1. The SMILES string of the molecule is COc1ccccc1N(Cc1cccc(-c2cc(OC)c(OC)c(C3CC3)c2)c1)C1CCC(Cc2ccnc(-c3cc(OC)c(OC)c(C4CCC4)c3)c2)CC1.